The van der Waals surface area contributed by atoms with Gasteiger partial charge in [0, 0.05) is 34.4 Å². The molecule has 1 amide bonds. The van der Waals surface area contributed by atoms with E-state index < -0.39 is 0 Å². The first-order valence-electron chi connectivity index (χ1n) is 10.3. The summed E-state index contributed by atoms with van der Waals surface area (Å²) in [6.45, 7) is 4.44. The van der Waals surface area contributed by atoms with Crippen LogP contribution in [0.5, 0.6) is 5.75 Å². The third kappa shape index (κ3) is 5.53. The summed E-state index contributed by atoms with van der Waals surface area (Å²) in [4.78, 5) is 16.8. The highest BCUT2D eigenvalue weighted by Crippen LogP contribution is 2.29. The van der Waals surface area contributed by atoms with Gasteiger partial charge in [0.15, 0.2) is 11.0 Å². The Hall–Kier alpha value is -3.36. The van der Waals surface area contributed by atoms with Gasteiger partial charge >= 0.3 is 0 Å². The Morgan fingerprint density at radius 2 is 1.97 bits per heavy atom. The first-order valence-corrected chi connectivity index (χ1v) is 11.7. The molecule has 4 aromatic rings. The molecule has 0 radical (unpaired) electrons. The number of thioether (sulfide) groups is 1. The second kappa shape index (κ2) is 10.5. The summed E-state index contributed by atoms with van der Waals surface area (Å²) >= 11 is 7.31. The second-order valence-corrected chi connectivity index (χ2v) is 8.49. The van der Waals surface area contributed by atoms with Crippen molar-refractivity contribution in [1.82, 2.24) is 19.7 Å². The molecule has 168 valence electrons. The van der Waals surface area contributed by atoms with E-state index >= 15 is 0 Å². The Balaban J connectivity index is 1.58. The summed E-state index contributed by atoms with van der Waals surface area (Å²) in [5.74, 6) is 1.45. The average Bonchev–Trinajstić information content (AvgIpc) is 3.25. The summed E-state index contributed by atoms with van der Waals surface area (Å²) in [5.41, 5.74) is 3.32. The number of benzene rings is 2. The minimum atomic E-state index is -0.144. The number of carbonyl (C=O) groups is 1. The number of ether oxygens (including phenoxy) is 1. The largest absolute Gasteiger partial charge is 0.494 e. The van der Waals surface area contributed by atoms with Gasteiger partial charge in [0.25, 0.3) is 0 Å². The molecule has 1 N–H and O–H groups in total. The molecule has 0 bridgehead atoms. The Morgan fingerprint density at radius 1 is 1.15 bits per heavy atom. The van der Waals surface area contributed by atoms with Gasteiger partial charge in [0.05, 0.1) is 12.4 Å². The first kappa shape index (κ1) is 22.8. The third-order valence-corrected chi connectivity index (χ3v) is 5.92. The van der Waals surface area contributed by atoms with Crippen LogP contribution in [0.4, 0.5) is 5.69 Å². The Morgan fingerprint density at radius 3 is 2.67 bits per heavy atom. The first-order chi connectivity index (χ1) is 16.0. The van der Waals surface area contributed by atoms with Crippen LogP contribution in [0.25, 0.3) is 17.1 Å². The third-order valence-electron chi connectivity index (χ3n) is 4.75. The normalized spacial score (nSPS) is 10.8. The van der Waals surface area contributed by atoms with Crippen LogP contribution >= 0.6 is 23.4 Å². The number of aryl methyl sites for hydroxylation is 1. The van der Waals surface area contributed by atoms with Crippen molar-refractivity contribution in [3.63, 3.8) is 0 Å². The van der Waals surface area contributed by atoms with Crippen LogP contribution in [-0.2, 0) is 4.79 Å². The van der Waals surface area contributed by atoms with Gasteiger partial charge in [0.1, 0.15) is 5.75 Å². The molecule has 0 saturated carbocycles. The predicted octanol–water partition coefficient (Wildman–Crippen LogP) is 5.42. The molecule has 0 unspecified atom stereocenters. The van der Waals surface area contributed by atoms with E-state index in [-0.39, 0.29) is 11.7 Å². The fourth-order valence-electron chi connectivity index (χ4n) is 3.22. The number of anilines is 1. The van der Waals surface area contributed by atoms with Crippen LogP contribution in [-0.4, -0.2) is 38.0 Å². The summed E-state index contributed by atoms with van der Waals surface area (Å²) < 4.78 is 7.47. The minimum absolute atomic E-state index is 0.144. The van der Waals surface area contributed by atoms with Gasteiger partial charge in [-0.05, 0) is 74.0 Å². The maximum absolute atomic E-state index is 12.6. The number of nitrogens with zero attached hydrogens (tertiary/aromatic N) is 4. The molecule has 0 saturated heterocycles. The number of aromatic nitrogens is 4. The van der Waals surface area contributed by atoms with Crippen molar-refractivity contribution in [2.45, 2.75) is 19.0 Å². The van der Waals surface area contributed by atoms with Crippen molar-refractivity contribution in [3.8, 4) is 22.8 Å². The highest BCUT2D eigenvalue weighted by molar-refractivity contribution is 7.99. The number of rotatable bonds is 8. The Labute approximate surface area is 201 Å². The molecule has 0 aliphatic rings. The van der Waals surface area contributed by atoms with Crippen molar-refractivity contribution < 1.29 is 9.53 Å². The zero-order chi connectivity index (χ0) is 23.2. The molecule has 2 aromatic heterocycles. The van der Waals surface area contributed by atoms with Crippen LogP contribution in [0.15, 0.2) is 72.1 Å². The maximum atomic E-state index is 12.6. The van der Waals surface area contributed by atoms with Crippen LogP contribution < -0.4 is 10.1 Å². The van der Waals surface area contributed by atoms with E-state index in [2.05, 4.69) is 20.5 Å². The van der Waals surface area contributed by atoms with Gasteiger partial charge in [-0.3, -0.25) is 14.3 Å². The fourth-order valence-corrected chi connectivity index (χ4v) is 4.20. The number of carbonyl (C=O) groups excluding carboxylic acids is 1. The molecule has 0 atom stereocenters. The number of hydrogen-bond acceptors (Lipinski definition) is 6. The SMILES string of the molecule is CCOc1ccc(-n2c(SCC(=O)Nc3ccc(Cl)cc3C)nnc2-c2cccnc2)cc1. The molecule has 9 heteroatoms. The summed E-state index contributed by atoms with van der Waals surface area (Å²) in [6.07, 6.45) is 3.44. The summed E-state index contributed by atoms with van der Waals surface area (Å²) in [7, 11) is 0. The molecule has 2 heterocycles. The van der Waals surface area contributed by atoms with E-state index in [9.17, 15) is 4.79 Å². The van der Waals surface area contributed by atoms with Gasteiger partial charge < -0.3 is 10.1 Å². The number of nitrogens with one attached hydrogen (secondary N) is 1. The van der Waals surface area contributed by atoms with E-state index in [1.165, 1.54) is 11.8 Å². The average molecular weight is 480 g/mol. The Kier molecular flexibility index (Phi) is 7.26. The van der Waals surface area contributed by atoms with E-state index in [0.29, 0.717) is 22.6 Å². The molecule has 0 aliphatic heterocycles. The van der Waals surface area contributed by atoms with Gasteiger partial charge in [-0.25, -0.2) is 0 Å². The molecule has 0 fully saturated rings. The lowest BCUT2D eigenvalue weighted by Gasteiger charge is -2.12. The smallest absolute Gasteiger partial charge is 0.234 e. The molecule has 2 aromatic carbocycles. The van der Waals surface area contributed by atoms with Gasteiger partial charge in [-0.1, -0.05) is 23.4 Å². The van der Waals surface area contributed by atoms with Gasteiger partial charge in [0.2, 0.25) is 5.91 Å². The maximum Gasteiger partial charge on any atom is 0.234 e. The summed E-state index contributed by atoms with van der Waals surface area (Å²) in [6, 6.07) is 16.8. The monoisotopic (exact) mass is 479 g/mol. The highest BCUT2D eigenvalue weighted by atomic mass is 35.5. The van der Waals surface area contributed by atoms with E-state index in [0.717, 1.165) is 28.3 Å². The van der Waals surface area contributed by atoms with Crippen LogP contribution in [0.2, 0.25) is 5.02 Å². The zero-order valence-corrected chi connectivity index (χ0v) is 19.7. The number of pyridine rings is 1. The van der Waals surface area contributed by atoms with Crippen molar-refractivity contribution in [3.05, 3.63) is 77.6 Å². The number of amides is 1. The number of halogens is 1. The topological polar surface area (TPSA) is 81.9 Å². The van der Waals surface area contributed by atoms with Gasteiger partial charge in [-0.2, -0.15) is 0 Å². The molecule has 0 spiro atoms. The minimum Gasteiger partial charge on any atom is -0.494 e. The second-order valence-electron chi connectivity index (χ2n) is 7.11. The summed E-state index contributed by atoms with van der Waals surface area (Å²) in [5, 5.41) is 12.9. The molecular weight excluding hydrogens is 458 g/mol. The van der Waals surface area contributed by atoms with Crippen molar-refractivity contribution in [2.75, 3.05) is 17.7 Å². The van der Waals surface area contributed by atoms with Crippen molar-refractivity contribution in [2.24, 2.45) is 0 Å². The quantitative estimate of drug-likeness (QED) is 0.340. The van der Waals surface area contributed by atoms with Crippen LogP contribution in [0, 0.1) is 6.92 Å². The van der Waals surface area contributed by atoms with E-state index in [1.807, 2.05) is 60.9 Å². The molecule has 7 nitrogen and oxygen atoms in total. The van der Waals surface area contributed by atoms with E-state index in [1.54, 1.807) is 24.5 Å². The molecular formula is C24H22ClN5O2S. The molecule has 4 rings (SSSR count). The lowest BCUT2D eigenvalue weighted by atomic mass is 10.2. The van der Waals surface area contributed by atoms with Crippen molar-refractivity contribution in [1.29, 1.82) is 0 Å². The van der Waals surface area contributed by atoms with Crippen LogP contribution in [0.3, 0.4) is 0 Å². The van der Waals surface area contributed by atoms with Crippen molar-refractivity contribution >= 4 is 35.0 Å². The van der Waals surface area contributed by atoms with Gasteiger partial charge in [-0.15, -0.1) is 10.2 Å². The fraction of sp³-hybridized carbons (Fsp3) is 0.167. The highest BCUT2D eigenvalue weighted by Gasteiger charge is 2.18. The number of hydrogen-bond donors (Lipinski definition) is 1. The lowest BCUT2D eigenvalue weighted by Crippen LogP contribution is -2.15. The van der Waals surface area contributed by atoms with E-state index in [4.69, 9.17) is 16.3 Å². The molecule has 0 aliphatic carbocycles. The zero-order valence-electron chi connectivity index (χ0n) is 18.2. The standard InChI is InChI=1S/C24H22ClN5O2S/c1-3-32-20-9-7-19(8-10-20)30-23(17-5-4-12-26-14-17)28-29-24(30)33-15-22(31)27-21-11-6-18(25)13-16(21)2/h4-14H,3,15H2,1-2H3,(H,27,31). The molecule has 33 heavy (non-hydrogen) atoms. The lowest BCUT2D eigenvalue weighted by molar-refractivity contribution is -0.113. The predicted molar refractivity (Wildman–Crippen MR) is 131 cm³/mol. The van der Waals surface area contributed by atoms with Crippen LogP contribution in [0.1, 0.15) is 12.5 Å². The Bertz CT molecular complexity index is 1250.